The normalized spacial score (nSPS) is 10.1. The number of hydrogen-bond acceptors (Lipinski definition) is 5. The Morgan fingerprint density at radius 1 is 1.14 bits per heavy atom. The van der Waals surface area contributed by atoms with Crippen molar-refractivity contribution in [3.05, 3.63) is 34.7 Å². The molecule has 112 valence electrons. The summed E-state index contributed by atoms with van der Waals surface area (Å²) in [6, 6.07) is 4.86. The number of furan rings is 1. The van der Waals surface area contributed by atoms with Crippen molar-refractivity contribution < 1.29 is 23.4 Å². The van der Waals surface area contributed by atoms with Crippen LogP contribution >= 0.6 is 15.9 Å². The van der Waals surface area contributed by atoms with Crippen molar-refractivity contribution in [2.45, 2.75) is 0 Å². The minimum absolute atomic E-state index is 0.315. The number of benzene rings is 1. The molecule has 0 saturated heterocycles. The molecule has 0 atom stereocenters. The van der Waals surface area contributed by atoms with E-state index in [1.165, 1.54) is 27.6 Å². The quantitative estimate of drug-likeness (QED) is 0.890. The number of carbonyl (C=O) groups excluding carboxylic acids is 1. The van der Waals surface area contributed by atoms with E-state index in [1.807, 2.05) is 0 Å². The second-order valence-corrected chi connectivity index (χ2v) is 4.70. The zero-order valence-electron chi connectivity index (χ0n) is 11.7. The van der Waals surface area contributed by atoms with Crippen LogP contribution in [0, 0.1) is 0 Å². The molecule has 0 unspecified atom stereocenters. The Morgan fingerprint density at radius 2 is 1.76 bits per heavy atom. The molecular weight excluding hydrogens is 342 g/mol. The van der Waals surface area contributed by atoms with E-state index in [0.717, 1.165) is 0 Å². The highest BCUT2D eigenvalue weighted by Crippen LogP contribution is 2.40. The second-order valence-electron chi connectivity index (χ2n) is 3.98. The van der Waals surface area contributed by atoms with E-state index in [2.05, 4.69) is 21.2 Å². The molecule has 0 aliphatic heterocycles. The van der Waals surface area contributed by atoms with E-state index < -0.39 is 0 Å². The van der Waals surface area contributed by atoms with Gasteiger partial charge in [-0.05, 0) is 22.0 Å². The van der Waals surface area contributed by atoms with Gasteiger partial charge in [-0.25, -0.2) is 0 Å². The SMILES string of the molecule is COc1cc(NC(=O)c2ccoc2Br)cc(OC)c1OC. The summed E-state index contributed by atoms with van der Waals surface area (Å²) in [6.07, 6.45) is 1.42. The van der Waals surface area contributed by atoms with Crippen LogP contribution in [0.3, 0.4) is 0 Å². The maximum atomic E-state index is 12.1. The van der Waals surface area contributed by atoms with Gasteiger partial charge in [0.15, 0.2) is 16.2 Å². The summed E-state index contributed by atoms with van der Waals surface area (Å²) in [6.45, 7) is 0. The zero-order valence-corrected chi connectivity index (χ0v) is 13.3. The number of hydrogen-bond donors (Lipinski definition) is 1. The fourth-order valence-corrected chi connectivity index (χ4v) is 2.23. The molecule has 0 aliphatic rings. The van der Waals surface area contributed by atoms with E-state index in [9.17, 15) is 4.79 Å². The Labute approximate surface area is 130 Å². The molecule has 2 rings (SSSR count). The Morgan fingerprint density at radius 3 is 2.19 bits per heavy atom. The third kappa shape index (κ3) is 3.13. The molecule has 0 radical (unpaired) electrons. The van der Waals surface area contributed by atoms with Gasteiger partial charge in [-0.15, -0.1) is 0 Å². The first-order valence-electron chi connectivity index (χ1n) is 5.95. The van der Waals surface area contributed by atoms with E-state index >= 15 is 0 Å². The largest absolute Gasteiger partial charge is 0.493 e. The monoisotopic (exact) mass is 355 g/mol. The van der Waals surface area contributed by atoms with E-state index in [4.69, 9.17) is 18.6 Å². The molecule has 1 aromatic carbocycles. The fraction of sp³-hybridized carbons (Fsp3) is 0.214. The van der Waals surface area contributed by atoms with Gasteiger partial charge >= 0.3 is 0 Å². The van der Waals surface area contributed by atoms with Crippen LogP contribution in [0.15, 0.2) is 33.5 Å². The summed E-state index contributed by atoms with van der Waals surface area (Å²) in [5, 5.41) is 2.74. The number of amides is 1. The molecule has 0 fully saturated rings. The number of ether oxygens (including phenoxy) is 3. The van der Waals surface area contributed by atoms with Crippen molar-refractivity contribution in [2.24, 2.45) is 0 Å². The third-order valence-electron chi connectivity index (χ3n) is 2.79. The van der Waals surface area contributed by atoms with E-state index in [1.54, 1.807) is 18.2 Å². The molecule has 1 heterocycles. The average molecular weight is 356 g/mol. The smallest absolute Gasteiger partial charge is 0.260 e. The standard InChI is InChI=1S/C14H14BrNO5/c1-18-10-6-8(7-11(19-2)12(10)20-3)16-14(17)9-4-5-21-13(9)15/h4-7H,1-3H3,(H,16,17). The van der Waals surface area contributed by atoms with Crippen LogP contribution in [0.2, 0.25) is 0 Å². The number of nitrogens with one attached hydrogen (secondary N) is 1. The molecule has 0 saturated carbocycles. The highest BCUT2D eigenvalue weighted by Gasteiger charge is 2.17. The first-order chi connectivity index (χ1) is 10.1. The Balaban J connectivity index is 2.32. The summed E-state index contributed by atoms with van der Waals surface area (Å²) in [7, 11) is 4.53. The molecule has 0 bridgehead atoms. The molecule has 1 N–H and O–H groups in total. The first-order valence-corrected chi connectivity index (χ1v) is 6.74. The summed E-state index contributed by atoms with van der Waals surface area (Å²) >= 11 is 3.16. The fourth-order valence-electron chi connectivity index (χ4n) is 1.81. The van der Waals surface area contributed by atoms with Crippen molar-refractivity contribution in [1.29, 1.82) is 0 Å². The number of rotatable bonds is 5. The van der Waals surface area contributed by atoms with Crippen molar-refractivity contribution in [2.75, 3.05) is 26.6 Å². The third-order valence-corrected chi connectivity index (χ3v) is 3.40. The van der Waals surface area contributed by atoms with Crippen LogP contribution in [-0.2, 0) is 0 Å². The molecule has 21 heavy (non-hydrogen) atoms. The minimum atomic E-state index is -0.315. The Hall–Kier alpha value is -2.15. The molecule has 1 amide bonds. The average Bonchev–Trinajstić information content (AvgIpc) is 2.92. The molecule has 0 aliphatic carbocycles. The maximum absolute atomic E-state index is 12.1. The number of methoxy groups -OCH3 is 3. The van der Waals surface area contributed by atoms with E-state index in [0.29, 0.717) is 33.2 Å². The molecule has 1 aromatic heterocycles. The maximum Gasteiger partial charge on any atom is 0.260 e. The lowest BCUT2D eigenvalue weighted by Crippen LogP contribution is -2.12. The molecular formula is C14H14BrNO5. The van der Waals surface area contributed by atoms with Gasteiger partial charge in [0.05, 0.1) is 33.2 Å². The molecule has 6 nitrogen and oxygen atoms in total. The molecule has 7 heteroatoms. The Kier molecular flexibility index (Phi) is 4.74. The summed E-state index contributed by atoms with van der Waals surface area (Å²) in [5.74, 6) is 1.06. The van der Waals surface area contributed by atoms with Crippen molar-refractivity contribution in [3.63, 3.8) is 0 Å². The predicted molar refractivity (Wildman–Crippen MR) is 80.5 cm³/mol. The van der Waals surface area contributed by atoms with E-state index in [-0.39, 0.29) is 5.91 Å². The summed E-state index contributed by atoms with van der Waals surface area (Å²) in [5.41, 5.74) is 0.909. The summed E-state index contributed by atoms with van der Waals surface area (Å²) < 4.78 is 21.1. The zero-order chi connectivity index (χ0) is 15.4. The van der Waals surface area contributed by atoms with Crippen LogP contribution in [0.4, 0.5) is 5.69 Å². The first kappa shape index (κ1) is 15.2. The highest BCUT2D eigenvalue weighted by molar-refractivity contribution is 9.10. The summed E-state index contributed by atoms with van der Waals surface area (Å²) in [4.78, 5) is 12.1. The molecule has 2 aromatic rings. The van der Waals surface area contributed by atoms with Gasteiger partial charge < -0.3 is 23.9 Å². The van der Waals surface area contributed by atoms with Crippen LogP contribution in [0.1, 0.15) is 10.4 Å². The highest BCUT2D eigenvalue weighted by atomic mass is 79.9. The van der Waals surface area contributed by atoms with Gasteiger partial charge in [-0.3, -0.25) is 4.79 Å². The van der Waals surface area contributed by atoms with Crippen molar-refractivity contribution in [3.8, 4) is 17.2 Å². The van der Waals surface area contributed by atoms with Crippen LogP contribution < -0.4 is 19.5 Å². The van der Waals surface area contributed by atoms with Gasteiger partial charge in [-0.1, -0.05) is 0 Å². The Bertz CT molecular complexity index is 628. The minimum Gasteiger partial charge on any atom is -0.493 e. The predicted octanol–water partition coefficient (Wildman–Crippen LogP) is 3.32. The van der Waals surface area contributed by atoms with Crippen molar-refractivity contribution >= 4 is 27.5 Å². The lowest BCUT2D eigenvalue weighted by molar-refractivity contribution is 0.102. The lowest BCUT2D eigenvalue weighted by atomic mass is 10.2. The van der Waals surface area contributed by atoms with Gasteiger partial charge in [0, 0.05) is 17.8 Å². The van der Waals surface area contributed by atoms with Crippen LogP contribution in [0.25, 0.3) is 0 Å². The van der Waals surface area contributed by atoms with Gasteiger partial charge in [-0.2, -0.15) is 0 Å². The number of halogens is 1. The number of anilines is 1. The number of carbonyl (C=O) groups is 1. The van der Waals surface area contributed by atoms with Gasteiger partial charge in [0.25, 0.3) is 5.91 Å². The van der Waals surface area contributed by atoms with Gasteiger partial charge in [0.1, 0.15) is 0 Å². The molecule has 0 spiro atoms. The van der Waals surface area contributed by atoms with Crippen LogP contribution in [0.5, 0.6) is 17.2 Å². The topological polar surface area (TPSA) is 69.9 Å². The lowest BCUT2D eigenvalue weighted by Gasteiger charge is -2.14. The van der Waals surface area contributed by atoms with Crippen LogP contribution in [-0.4, -0.2) is 27.2 Å². The van der Waals surface area contributed by atoms with Crippen molar-refractivity contribution in [1.82, 2.24) is 0 Å². The van der Waals surface area contributed by atoms with Gasteiger partial charge in [0.2, 0.25) is 5.75 Å². The second kappa shape index (κ2) is 6.53.